The minimum atomic E-state index is 0.520. The zero-order chi connectivity index (χ0) is 14.8. The highest BCUT2D eigenvalue weighted by Crippen LogP contribution is 2.24. The molecule has 0 fully saturated rings. The predicted molar refractivity (Wildman–Crippen MR) is 85.2 cm³/mol. The molecule has 0 atom stereocenters. The van der Waals surface area contributed by atoms with Crippen molar-refractivity contribution in [1.29, 1.82) is 5.26 Å². The van der Waals surface area contributed by atoms with Crippen LogP contribution in [0.4, 0.5) is 0 Å². The van der Waals surface area contributed by atoms with Crippen LogP contribution in [0.1, 0.15) is 15.6 Å². The molecule has 0 saturated heterocycles. The molecule has 4 nitrogen and oxygen atoms in total. The summed E-state index contributed by atoms with van der Waals surface area (Å²) in [6.45, 7) is 2.04. The maximum absolute atomic E-state index is 9.38. The maximum atomic E-state index is 9.38. The number of aromatic amines is 1. The Bertz CT molecular complexity index is 867. The highest BCUT2D eigenvalue weighted by Gasteiger charge is 2.09. The fraction of sp³-hybridized carbons (Fsp3) is 0.125. The van der Waals surface area contributed by atoms with Crippen LogP contribution in [0.5, 0.6) is 5.75 Å². The van der Waals surface area contributed by atoms with Crippen molar-refractivity contribution in [3.8, 4) is 11.8 Å². The number of aromatic nitrogens is 2. The van der Waals surface area contributed by atoms with E-state index >= 15 is 0 Å². The van der Waals surface area contributed by atoms with Crippen molar-refractivity contribution in [3.05, 3.63) is 45.9 Å². The first-order valence-electron chi connectivity index (χ1n) is 6.42. The Morgan fingerprint density at radius 3 is 2.90 bits per heavy atom. The number of aryl methyl sites for hydroxylation is 1. The number of nitriles is 1. The van der Waals surface area contributed by atoms with Gasteiger partial charge in [0.2, 0.25) is 0 Å². The number of benzene rings is 1. The number of thiophene rings is 1. The average Bonchev–Trinajstić information content (AvgIpc) is 3.09. The zero-order valence-corrected chi connectivity index (χ0v) is 12.5. The molecular formula is C16H13N3OS. The fourth-order valence-electron chi connectivity index (χ4n) is 2.07. The summed E-state index contributed by atoms with van der Waals surface area (Å²) in [6.07, 6.45) is 1.85. The summed E-state index contributed by atoms with van der Waals surface area (Å²) in [7, 11) is 1.62. The van der Waals surface area contributed by atoms with Crippen molar-refractivity contribution in [1.82, 2.24) is 9.97 Å². The summed E-state index contributed by atoms with van der Waals surface area (Å²) < 4.78 is 5.19. The highest BCUT2D eigenvalue weighted by atomic mass is 32.1. The monoisotopic (exact) mass is 295 g/mol. The lowest BCUT2D eigenvalue weighted by Gasteiger charge is -1.96. The topological polar surface area (TPSA) is 61.7 Å². The summed E-state index contributed by atoms with van der Waals surface area (Å²) in [5.41, 5.74) is 2.19. The van der Waals surface area contributed by atoms with Crippen molar-refractivity contribution in [2.75, 3.05) is 7.11 Å². The van der Waals surface area contributed by atoms with Gasteiger partial charge in [-0.15, -0.1) is 11.3 Å². The van der Waals surface area contributed by atoms with E-state index in [-0.39, 0.29) is 0 Å². The number of methoxy groups -OCH3 is 1. The van der Waals surface area contributed by atoms with Crippen LogP contribution in [0.3, 0.4) is 0 Å². The minimum absolute atomic E-state index is 0.520. The lowest BCUT2D eigenvalue weighted by atomic mass is 10.2. The molecule has 0 amide bonds. The largest absolute Gasteiger partial charge is 0.497 e. The summed E-state index contributed by atoms with van der Waals surface area (Å²) in [4.78, 5) is 9.90. The van der Waals surface area contributed by atoms with Gasteiger partial charge in [-0.1, -0.05) is 0 Å². The molecule has 5 heteroatoms. The first kappa shape index (κ1) is 13.4. The van der Waals surface area contributed by atoms with E-state index in [2.05, 4.69) is 16.0 Å². The number of rotatable bonds is 3. The molecule has 1 N–H and O–H groups in total. The van der Waals surface area contributed by atoms with Crippen LogP contribution in [-0.4, -0.2) is 17.1 Å². The number of fused-ring (bicyclic) bond motifs is 1. The average molecular weight is 295 g/mol. The molecule has 0 bridgehead atoms. The van der Waals surface area contributed by atoms with Gasteiger partial charge in [-0.25, -0.2) is 4.98 Å². The Kier molecular flexibility index (Phi) is 3.46. The van der Waals surface area contributed by atoms with E-state index in [0.29, 0.717) is 11.4 Å². The molecule has 0 aliphatic heterocycles. The molecule has 0 aliphatic carbocycles. The standard InChI is InChI=1S/C16H13N3OS/c1-10-3-5-13(21-10)7-11(9-17)16-18-14-6-4-12(20-2)8-15(14)19-16/h3-8H,1-2H3,(H,18,19)/b11-7-. The van der Waals surface area contributed by atoms with Crippen molar-refractivity contribution < 1.29 is 4.74 Å². The molecule has 104 valence electrons. The normalized spacial score (nSPS) is 11.6. The first-order valence-corrected chi connectivity index (χ1v) is 7.23. The van der Waals surface area contributed by atoms with E-state index in [9.17, 15) is 5.26 Å². The maximum Gasteiger partial charge on any atom is 0.149 e. The van der Waals surface area contributed by atoms with E-state index in [1.165, 1.54) is 4.88 Å². The molecule has 2 aromatic heterocycles. The van der Waals surface area contributed by atoms with Crippen molar-refractivity contribution in [2.24, 2.45) is 0 Å². The van der Waals surface area contributed by atoms with Crippen LogP contribution < -0.4 is 4.74 Å². The van der Waals surface area contributed by atoms with E-state index in [1.54, 1.807) is 18.4 Å². The summed E-state index contributed by atoms with van der Waals surface area (Å²) in [5.74, 6) is 1.33. The van der Waals surface area contributed by atoms with E-state index in [1.807, 2.05) is 43.3 Å². The quantitative estimate of drug-likeness (QED) is 0.743. The van der Waals surface area contributed by atoms with E-state index < -0.39 is 0 Å². The lowest BCUT2D eigenvalue weighted by Crippen LogP contribution is -1.83. The van der Waals surface area contributed by atoms with E-state index in [0.717, 1.165) is 21.7 Å². The molecule has 0 aliphatic rings. The van der Waals surface area contributed by atoms with Gasteiger partial charge in [0.05, 0.1) is 23.7 Å². The molecule has 3 aromatic rings. The van der Waals surface area contributed by atoms with Gasteiger partial charge >= 0.3 is 0 Å². The van der Waals surface area contributed by atoms with Crippen LogP contribution in [0.2, 0.25) is 0 Å². The first-order chi connectivity index (χ1) is 10.2. The Morgan fingerprint density at radius 2 is 2.24 bits per heavy atom. The molecular weight excluding hydrogens is 282 g/mol. The minimum Gasteiger partial charge on any atom is -0.497 e. The summed E-state index contributed by atoms with van der Waals surface area (Å²) in [6, 6.07) is 11.8. The van der Waals surface area contributed by atoms with Gasteiger partial charge in [-0.3, -0.25) is 0 Å². The Morgan fingerprint density at radius 1 is 1.38 bits per heavy atom. The molecule has 0 spiro atoms. The second kappa shape index (κ2) is 5.43. The number of ether oxygens (including phenoxy) is 1. The number of imidazole rings is 1. The number of nitrogens with one attached hydrogen (secondary N) is 1. The van der Waals surface area contributed by atoms with Gasteiger partial charge in [0.1, 0.15) is 17.6 Å². The molecule has 0 saturated carbocycles. The molecule has 1 aromatic carbocycles. The third kappa shape index (κ3) is 2.67. The Labute approximate surface area is 126 Å². The third-order valence-electron chi connectivity index (χ3n) is 3.11. The van der Waals surface area contributed by atoms with Crippen molar-refractivity contribution >= 4 is 34.0 Å². The smallest absolute Gasteiger partial charge is 0.149 e. The molecule has 3 rings (SSSR count). The lowest BCUT2D eigenvalue weighted by molar-refractivity contribution is 0.415. The van der Waals surface area contributed by atoms with Gasteiger partial charge in [0, 0.05) is 15.8 Å². The van der Waals surface area contributed by atoms with Crippen LogP contribution in [0, 0.1) is 18.3 Å². The second-order valence-corrected chi connectivity index (χ2v) is 5.91. The molecule has 0 unspecified atom stereocenters. The van der Waals surface area contributed by atoms with Gasteiger partial charge in [-0.05, 0) is 37.3 Å². The SMILES string of the molecule is COc1ccc2nc(/C(C#N)=C\c3ccc(C)s3)[nH]c2c1. The Balaban J connectivity index is 2.05. The number of hydrogen-bond acceptors (Lipinski definition) is 4. The van der Waals surface area contributed by atoms with Crippen LogP contribution >= 0.6 is 11.3 Å². The third-order valence-corrected chi connectivity index (χ3v) is 4.06. The van der Waals surface area contributed by atoms with Crippen LogP contribution in [-0.2, 0) is 0 Å². The Hall–Kier alpha value is -2.58. The van der Waals surface area contributed by atoms with Gasteiger partial charge in [-0.2, -0.15) is 5.26 Å². The fourth-order valence-corrected chi connectivity index (χ4v) is 2.89. The number of hydrogen-bond donors (Lipinski definition) is 1. The van der Waals surface area contributed by atoms with Gasteiger partial charge in [0.25, 0.3) is 0 Å². The van der Waals surface area contributed by atoms with Gasteiger partial charge < -0.3 is 9.72 Å². The second-order valence-electron chi connectivity index (χ2n) is 4.59. The summed E-state index contributed by atoms with van der Waals surface area (Å²) >= 11 is 1.65. The predicted octanol–water partition coefficient (Wildman–Crippen LogP) is 4.01. The van der Waals surface area contributed by atoms with Crippen LogP contribution in [0.15, 0.2) is 30.3 Å². The van der Waals surface area contributed by atoms with Gasteiger partial charge in [0.15, 0.2) is 0 Å². The molecule has 0 radical (unpaired) electrons. The van der Waals surface area contributed by atoms with E-state index in [4.69, 9.17) is 4.74 Å². The summed E-state index contributed by atoms with van der Waals surface area (Å²) in [5, 5.41) is 9.38. The van der Waals surface area contributed by atoms with Crippen molar-refractivity contribution in [2.45, 2.75) is 6.92 Å². The highest BCUT2D eigenvalue weighted by molar-refractivity contribution is 7.12. The number of nitrogens with zero attached hydrogens (tertiary/aromatic N) is 2. The van der Waals surface area contributed by atoms with Crippen molar-refractivity contribution in [3.63, 3.8) is 0 Å². The van der Waals surface area contributed by atoms with Crippen LogP contribution in [0.25, 0.3) is 22.7 Å². The number of allylic oxidation sites excluding steroid dienone is 1. The number of H-pyrrole nitrogens is 1. The zero-order valence-electron chi connectivity index (χ0n) is 11.7. The molecule has 2 heterocycles. The molecule has 21 heavy (non-hydrogen) atoms.